The number of nitrogens with zero attached hydrogens (tertiary/aromatic N) is 3. The smallest absolute Gasteiger partial charge is 0.387 e. The predicted molar refractivity (Wildman–Crippen MR) is 125 cm³/mol. The minimum atomic E-state index is -3.09. The van der Waals surface area contributed by atoms with Gasteiger partial charge >= 0.3 is 6.61 Å². The highest BCUT2D eigenvalue weighted by Gasteiger charge is 2.29. The molecule has 0 atom stereocenters. The number of benzene rings is 1. The fraction of sp³-hybridized carbons (Fsp3) is 0.440. The van der Waals surface area contributed by atoms with Crippen LogP contribution in [0, 0.1) is 0 Å². The number of alkyl halides is 2. The van der Waals surface area contributed by atoms with E-state index in [4.69, 9.17) is 14.2 Å². The van der Waals surface area contributed by atoms with Crippen LogP contribution in [0.1, 0.15) is 36.0 Å². The Morgan fingerprint density at radius 3 is 2.69 bits per heavy atom. The first-order valence-electron chi connectivity index (χ1n) is 11.8. The lowest BCUT2D eigenvalue weighted by Crippen LogP contribution is -2.26. The van der Waals surface area contributed by atoms with E-state index >= 15 is 0 Å². The number of likely N-dealkylation sites (tertiary alicyclic amines) is 1. The number of nitrogens with one attached hydrogen (secondary N) is 1. The lowest BCUT2D eigenvalue weighted by molar-refractivity contribution is -0.0502. The molecule has 2 aromatic heterocycles. The third kappa shape index (κ3) is 5.32. The highest BCUT2D eigenvalue weighted by atomic mass is 19.3. The lowest BCUT2D eigenvalue weighted by Gasteiger charge is -2.16. The first kappa shape index (κ1) is 23.3. The van der Waals surface area contributed by atoms with Gasteiger partial charge in [-0.15, -0.1) is 0 Å². The number of imidazole rings is 1. The molecule has 2 fully saturated rings. The number of hydrogen-bond acceptors (Lipinski definition) is 6. The first-order valence-corrected chi connectivity index (χ1v) is 11.8. The van der Waals surface area contributed by atoms with Gasteiger partial charge in [-0.2, -0.15) is 8.78 Å². The SMILES string of the molecule is COc1cc(-c2cnc3cc(OCCN4CCCC4)ccn23)cc(OC(F)F)c1C(=O)NC1CC1. The Morgan fingerprint density at radius 1 is 1.20 bits per heavy atom. The van der Waals surface area contributed by atoms with Crippen LogP contribution in [0.4, 0.5) is 8.78 Å². The second-order valence-electron chi connectivity index (χ2n) is 8.81. The average Bonchev–Trinajstić information content (AvgIpc) is 3.31. The van der Waals surface area contributed by atoms with Crippen LogP contribution >= 0.6 is 0 Å². The van der Waals surface area contributed by atoms with Crippen LogP contribution in [0.3, 0.4) is 0 Å². The van der Waals surface area contributed by atoms with Crippen LogP contribution in [-0.4, -0.2) is 66.2 Å². The van der Waals surface area contributed by atoms with Crippen LogP contribution in [0.25, 0.3) is 16.9 Å². The summed E-state index contributed by atoms with van der Waals surface area (Å²) in [6, 6.07) is 6.77. The number of rotatable bonds is 10. The zero-order valence-electron chi connectivity index (χ0n) is 19.5. The number of carbonyl (C=O) groups is 1. The summed E-state index contributed by atoms with van der Waals surface area (Å²) >= 11 is 0. The number of halogens is 2. The highest BCUT2D eigenvalue weighted by Crippen LogP contribution is 2.37. The zero-order chi connectivity index (χ0) is 24.4. The van der Waals surface area contributed by atoms with Gasteiger partial charge < -0.3 is 19.5 Å². The number of fused-ring (bicyclic) bond motifs is 1. The third-order valence-corrected chi connectivity index (χ3v) is 6.30. The van der Waals surface area contributed by atoms with E-state index in [9.17, 15) is 13.6 Å². The molecule has 1 saturated carbocycles. The van der Waals surface area contributed by atoms with Crippen LogP contribution in [0.15, 0.2) is 36.7 Å². The maximum atomic E-state index is 13.2. The second-order valence-corrected chi connectivity index (χ2v) is 8.81. The summed E-state index contributed by atoms with van der Waals surface area (Å²) in [6.45, 7) is 0.629. The van der Waals surface area contributed by atoms with Crippen molar-refractivity contribution in [3.05, 3.63) is 42.2 Å². The Bertz CT molecular complexity index is 1210. The van der Waals surface area contributed by atoms with Gasteiger partial charge in [0.05, 0.1) is 19.0 Å². The summed E-state index contributed by atoms with van der Waals surface area (Å²) in [4.78, 5) is 19.6. The monoisotopic (exact) mass is 486 g/mol. The summed E-state index contributed by atoms with van der Waals surface area (Å²) in [5, 5.41) is 2.80. The molecule has 35 heavy (non-hydrogen) atoms. The second kappa shape index (κ2) is 10.1. The quantitative estimate of drug-likeness (QED) is 0.467. The molecule has 10 heteroatoms. The summed E-state index contributed by atoms with van der Waals surface area (Å²) in [7, 11) is 1.39. The predicted octanol–water partition coefficient (Wildman–Crippen LogP) is 3.98. The number of ether oxygens (including phenoxy) is 3. The van der Waals surface area contributed by atoms with Crippen molar-refractivity contribution in [3.63, 3.8) is 0 Å². The molecular weight excluding hydrogens is 458 g/mol. The molecule has 3 aromatic rings. The maximum absolute atomic E-state index is 13.2. The zero-order valence-corrected chi connectivity index (χ0v) is 19.5. The van der Waals surface area contributed by atoms with Gasteiger partial charge in [-0.1, -0.05) is 0 Å². The molecule has 8 nitrogen and oxygen atoms in total. The largest absolute Gasteiger partial charge is 0.496 e. The molecule has 3 heterocycles. The van der Waals surface area contributed by atoms with Gasteiger partial charge in [0.2, 0.25) is 0 Å². The van der Waals surface area contributed by atoms with Gasteiger partial charge in [-0.25, -0.2) is 4.98 Å². The molecule has 0 bridgehead atoms. The Kier molecular flexibility index (Phi) is 6.72. The lowest BCUT2D eigenvalue weighted by atomic mass is 10.1. The van der Waals surface area contributed by atoms with Crippen molar-refractivity contribution in [2.24, 2.45) is 0 Å². The number of aromatic nitrogens is 2. The number of methoxy groups -OCH3 is 1. The fourth-order valence-electron chi connectivity index (χ4n) is 4.36. The van der Waals surface area contributed by atoms with Crippen molar-refractivity contribution >= 4 is 11.6 Å². The normalized spacial score (nSPS) is 16.1. The van der Waals surface area contributed by atoms with Crippen molar-refractivity contribution < 1.29 is 27.8 Å². The van der Waals surface area contributed by atoms with Crippen LogP contribution in [0.5, 0.6) is 17.2 Å². The van der Waals surface area contributed by atoms with Gasteiger partial charge in [-0.05, 0) is 57.0 Å². The molecule has 0 radical (unpaired) electrons. The van der Waals surface area contributed by atoms with E-state index < -0.39 is 12.5 Å². The number of amides is 1. The van der Waals surface area contributed by atoms with Crippen LogP contribution in [0.2, 0.25) is 0 Å². The van der Waals surface area contributed by atoms with E-state index in [1.54, 1.807) is 12.3 Å². The summed E-state index contributed by atoms with van der Waals surface area (Å²) < 4.78 is 44.3. The van der Waals surface area contributed by atoms with E-state index in [1.807, 2.05) is 22.7 Å². The van der Waals surface area contributed by atoms with E-state index in [0.29, 0.717) is 29.3 Å². The van der Waals surface area contributed by atoms with Gasteiger partial charge in [0.15, 0.2) is 0 Å². The number of hydrogen-bond donors (Lipinski definition) is 1. The molecule has 2 aliphatic rings. The van der Waals surface area contributed by atoms with Crippen molar-refractivity contribution in [1.29, 1.82) is 0 Å². The van der Waals surface area contributed by atoms with Gasteiger partial charge in [0, 0.05) is 30.4 Å². The first-order chi connectivity index (χ1) is 17.0. The van der Waals surface area contributed by atoms with Crippen molar-refractivity contribution in [3.8, 4) is 28.5 Å². The molecule has 186 valence electrons. The van der Waals surface area contributed by atoms with Gasteiger partial charge in [0.25, 0.3) is 5.91 Å². The summed E-state index contributed by atoms with van der Waals surface area (Å²) in [5.41, 5.74) is 1.75. The maximum Gasteiger partial charge on any atom is 0.387 e. The van der Waals surface area contributed by atoms with E-state index in [1.165, 1.54) is 26.0 Å². The molecule has 0 unspecified atom stereocenters. The minimum absolute atomic E-state index is 0.0500. The molecule has 1 saturated heterocycles. The topological polar surface area (TPSA) is 77.3 Å². The summed E-state index contributed by atoms with van der Waals surface area (Å²) in [5.74, 6) is 0.109. The van der Waals surface area contributed by atoms with Crippen LogP contribution < -0.4 is 19.5 Å². The van der Waals surface area contributed by atoms with E-state index in [-0.39, 0.29) is 23.1 Å². The average molecular weight is 487 g/mol. The molecule has 1 aliphatic carbocycles. The number of pyridine rings is 1. The molecular formula is C25H28F2N4O4. The molecule has 1 amide bonds. The van der Waals surface area contributed by atoms with Crippen LogP contribution in [-0.2, 0) is 0 Å². The Hall–Kier alpha value is -3.40. The van der Waals surface area contributed by atoms with Gasteiger partial charge in [0.1, 0.15) is 35.1 Å². The minimum Gasteiger partial charge on any atom is -0.496 e. The molecule has 0 spiro atoms. The summed E-state index contributed by atoms with van der Waals surface area (Å²) in [6.07, 6.45) is 7.66. The molecule has 5 rings (SSSR count). The van der Waals surface area contributed by atoms with Crippen molar-refractivity contribution in [2.45, 2.75) is 38.3 Å². The standard InChI is InChI=1S/C25H28F2N4O4/c1-33-20-12-16(13-21(35-25(26)27)23(20)24(32)29-17-4-5-17)19-15-28-22-14-18(6-9-31(19)22)34-11-10-30-7-2-3-8-30/h6,9,12-15,17,25H,2-5,7-8,10-11H2,1H3,(H,29,32). The van der Waals surface area contributed by atoms with E-state index in [0.717, 1.165) is 32.5 Å². The van der Waals surface area contributed by atoms with Gasteiger partial charge in [-0.3, -0.25) is 14.1 Å². The molecule has 1 aromatic carbocycles. The highest BCUT2D eigenvalue weighted by molar-refractivity contribution is 6.01. The third-order valence-electron chi connectivity index (χ3n) is 6.30. The van der Waals surface area contributed by atoms with Crippen molar-refractivity contribution in [2.75, 3.05) is 33.4 Å². The Labute approximate surface area is 201 Å². The fourth-order valence-corrected chi connectivity index (χ4v) is 4.36. The molecule has 1 N–H and O–H groups in total. The number of carbonyl (C=O) groups excluding carboxylic acids is 1. The Balaban J connectivity index is 1.42. The molecule has 1 aliphatic heterocycles. The Morgan fingerprint density at radius 2 is 1.97 bits per heavy atom. The van der Waals surface area contributed by atoms with Crippen molar-refractivity contribution in [1.82, 2.24) is 19.6 Å². The van der Waals surface area contributed by atoms with E-state index in [2.05, 4.69) is 15.2 Å².